The summed E-state index contributed by atoms with van der Waals surface area (Å²) in [4.78, 5) is 32.3. The van der Waals surface area contributed by atoms with Gasteiger partial charge in [-0.2, -0.15) is 13.2 Å². The van der Waals surface area contributed by atoms with Gasteiger partial charge in [-0.3, -0.25) is 9.59 Å². The summed E-state index contributed by atoms with van der Waals surface area (Å²) in [5.41, 5.74) is 0.491. The fourth-order valence-corrected chi connectivity index (χ4v) is 6.10. The molecule has 3 N–H and O–H groups in total. The van der Waals surface area contributed by atoms with Gasteiger partial charge in [0.2, 0.25) is 11.9 Å². The third kappa shape index (κ3) is 7.62. The van der Waals surface area contributed by atoms with E-state index in [1.807, 2.05) is 4.90 Å². The molecule has 1 aromatic heterocycles. The number of aromatic nitrogens is 2. The number of amides is 2. The van der Waals surface area contributed by atoms with Crippen LogP contribution in [-0.4, -0.2) is 52.8 Å². The van der Waals surface area contributed by atoms with Gasteiger partial charge in [-0.15, -0.1) is 0 Å². The van der Waals surface area contributed by atoms with Crippen LogP contribution in [0.1, 0.15) is 75.2 Å². The molecular weight excluding hydrogens is 626 g/mol. The molecule has 47 heavy (non-hydrogen) atoms. The number of hydrogen-bond acceptors (Lipinski definition) is 5. The van der Waals surface area contributed by atoms with Crippen molar-refractivity contribution in [1.29, 1.82) is 0 Å². The molecule has 0 bridgehead atoms. The Balaban J connectivity index is 1.44. The summed E-state index contributed by atoms with van der Waals surface area (Å²) >= 11 is 0. The molecule has 0 atom stereocenters. The first-order chi connectivity index (χ1) is 22.0. The van der Waals surface area contributed by atoms with E-state index in [2.05, 4.69) is 20.9 Å². The summed E-state index contributed by atoms with van der Waals surface area (Å²) in [5, 5.41) is 8.26. The summed E-state index contributed by atoms with van der Waals surface area (Å²) in [5.74, 6) is -3.88. The van der Waals surface area contributed by atoms with Crippen LogP contribution in [0.15, 0.2) is 24.3 Å². The number of nitrogens with zero attached hydrogens (tertiary/aromatic N) is 3. The zero-order valence-corrected chi connectivity index (χ0v) is 26.8. The molecule has 1 saturated carbocycles. The summed E-state index contributed by atoms with van der Waals surface area (Å²) in [7, 11) is 1.64. The van der Waals surface area contributed by atoms with Gasteiger partial charge in [0.15, 0.2) is 5.82 Å². The Morgan fingerprint density at radius 1 is 0.979 bits per heavy atom. The van der Waals surface area contributed by atoms with Crippen LogP contribution in [0.5, 0.6) is 0 Å². The molecule has 256 valence electrons. The van der Waals surface area contributed by atoms with Gasteiger partial charge in [-0.25, -0.2) is 18.2 Å². The van der Waals surface area contributed by atoms with E-state index in [0.717, 1.165) is 6.07 Å². The molecule has 5 rings (SSSR count). The van der Waals surface area contributed by atoms with E-state index in [0.29, 0.717) is 29.8 Å². The molecule has 0 radical (unpaired) electrons. The highest BCUT2D eigenvalue weighted by Crippen LogP contribution is 2.38. The van der Waals surface area contributed by atoms with Gasteiger partial charge >= 0.3 is 6.18 Å². The van der Waals surface area contributed by atoms with Crippen molar-refractivity contribution in [3.63, 3.8) is 0 Å². The smallest absolute Gasteiger partial charge is 0.371 e. The average molecular weight is 667 g/mol. The lowest BCUT2D eigenvalue weighted by Crippen LogP contribution is -2.41. The number of piperidine rings is 1. The van der Waals surface area contributed by atoms with E-state index in [-0.39, 0.29) is 68.1 Å². The third-order valence-corrected chi connectivity index (χ3v) is 9.06. The number of rotatable bonds is 7. The number of anilines is 3. The van der Waals surface area contributed by atoms with Crippen molar-refractivity contribution >= 4 is 40.2 Å². The topological polar surface area (TPSA) is 91.3 Å². The number of halogens is 6. The number of carbonyl (C=O) groups is 2. The Bertz CT molecular complexity index is 1630. The van der Waals surface area contributed by atoms with E-state index in [9.17, 15) is 31.5 Å². The first kappa shape index (κ1) is 34.4. The van der Waals surface area contributed by atoms with E-state index in [1.165, 1.54) is 6.07 Å². The SMILES string of the molecule is Cn1c(Nc2c(F)ccc(CNC(=O)C(C)(C)C)c2F)nc2cc(C(=O)N[C@H]3CC[C@H](C(F)(F)F)CC3)c(N3CCC(F)CC3)cc21. The number of alkyl halides is 4. The Labute approximate surface area is 269 Å². The molecule has 8 nitrogen and oxygen atoms in total. The Hall–Kier alpha value is -3.97. The summed E-state index contributed by atoms with van der Waals surface area (Å²) < 4.78 is 85.6. The van der Waals surface area contributed by atoms with E-state index >= 15 is 4.39 Å². The van der Waals surface area contributed by atoms with E-state index in [1.54, 1.807) is 44.5 Å². The molecule has 2 aliphatic rings. The van der Waals surface area contributed by atoms with E-state index < -0.39 is 53.0 Å². The Morgan fingerprint density at radius 2 is 1.64 bits per heavy atom. The minimum absolute atomic E-state index is 0.0621. The van der Waals surface area contributed by atoms with Gasteiger partial charge < -0.3 is 25.4 Å². The number of benzene rings is 2. The van der Waals surface area contributed by atoms with Crippen molar-refractivity contribution in [3.05, 3.63) is 47.0 Å². The summed E-state index contributed by atoms with van der Waals surface area (Å²) in [6.45, 7) is 5.69. The molecule has 2 heterocycles. The van der Waals surface area contributed by atoms with Crippen LogP contribution in [0.25, 0.3) is 11.0 Å². The Morgan fingerprint density at radius 3 is 2.26 bits per heavy atom. The largest absolute Gasteiger partial charge is 0.391 e. The second kappa shape index (κ2) is 13.3. The fourth-order valence-electron chi connectivity index (χ4n) is 6.10. The zero-order chi connectivity index (χ0) is 34.3. The zero-order valence-electron chi connectivity index (χ0n) is 26.8. The highest BCUT2D eigenvalue weighted by atomic mass is 19.4. The first-order valence-electron chi connectivity index (χ1n) is 15.8. The predicted octanol–water partition coefficient (Wildman–Crippen LogP) is 7.05. The summed E-state index contributed by atoms with van der Waals surface area (Å²) in [6.07, 6.45) is -4.47. The minimum Gasteiger partial charge on any atom is -0.371 e. The molecule has 1 aliphatic heterocycles. The molecule has 1 saturated heterocycles. The molecule has 3 aromatic rings. The van der Waals surface area contributed by atoms with Gasteiger partial charge in [0.25, 0.3) is 5.91 Å². The molecule has 0 spiro atoms. The molecule has 2 amide bonds. The van der Waals surface area contributed by atoms with E-state index in [4.69, 9.17) is 0 Å². The van der Waals surface area contributed by atoms with Crippen LogP contribution < -0.4 is 20.9 Å². The van der Waals surface area contributed by atoms with Crippen LogP contribution >= 0.6 is 0 Å². The van der Waals surface area contributed by atoms with Crippen LogP contribution in [0, 0.1) is 23.0 Å². The maximum absolute atomic E-state index is 15.5. The minimum atomic E-state index is -4.27. The Kier molecular flexibility index (Phi) is 9.70. The monoisotopic (exact) mass is 666 g/mol. The van der Waals surface area contributed by atoms with Crippen molar-refractivity contribution < 1.29 is 35.9 Å². The third-order valence-electron chi connectivity index (χ3n) is 9.06. The fraction of sp³-hybridized carbons (Fsp3) is 0.545. The lowest BCUT2D eigenvalue weighted by atomic mass is 9.85. The average Bonchev–Trinajstić information content (AvgIpc) is 3.31. The molecule has 0 unspecified atom stereocenters. The number of fused-ring (bicyclic) bond motifs is 1. The van der Waals surface area contributed by atoms with Crippen LogP contribution in [-0.2, 0) is 18.4 Å². The van der Waals surface area contributed by atoms with Gasteiger partial charge in [0.1, 0.15) is 17.7 Å². The lowest BCUT2D eigenvalue weighted by Gasteiger charge is -2.33. The standard InChI is InChI=1S/C33H40F6N6O2/c1-32(2,3)30(47)40-17-18-5-10-23(35)28(27(18)36)43-31-42-24-15-22(29(46)41-21-8-6-19(7-9-21)33(37,38)39)25(16-26(24)44(31)4)45-13-11-20(34)12-14-45/h5,10,15-16,19-21H,6-9,11-14,17H2,1-4H3,(H,40,47)(H,41,46)(H,42,43)/t19-,21-. The van der Waals surface area contributed by atoms with Gasteiger partial charge in [-0.05, 0) is 56.7 Å². The molecule has 14 heteroatoms. The number of hydrogen-bond donors (Lipinski definition) is 3. The quantitative estimate of drug-likeness (QED) is 0.235. The van der Waals surface area contributed by atoms with Gasteiger partial charge in [0, 0.05) is 43.7 Å². The maximum atomic E-state index is 15.5. The molecule has 1 aliphatic carbocycles. The van der Waals surface area contributed by atoms with Crippen molar-refractivity contribution in [1.82, 2.24) is 20.2 Å². The normalized spacial score (nSPS) is 19.6. The number of imidazole rings is 1. The highest BCUT2D eigenvalue weighted by molar-refractivity contribution is 6.04. The predicted molar refractivity (Wildman–Crippen MR) is 167 cm³/mol. The number of carbonyl (C=O) groups excluding carboxylic acids is 2. The van der Waals surface area contributed by atoms with Crippen molar-refractivity contribution in [2.24, 2.45) is 18.4 Å². The number of nitrogens with one attached hydrogen (secondary N) is 3. The van der Waals surface area contributed by atoms with Crippen molar-refractivity contribution in [2.45, 2.75) is 84.2 Å². The maximum Gasteiger partial charge on any atom is 0.391 e. The van der Waals surface area contributed by atoms with Crippen molar-refractivity contribution in [2.75, 3.05) is 23.3 Å². The number of aryl methyl sites for hydroxylation is 1. The highest BCUT2D eigenvalue weighted by Gasteiger charge is 2.41. The van der Waals surface area contributed by atoms with Gasteiger partial charge in [-0.1, -0.05) is 26.8 Å². The molecule has 2 aromatic carbocycles. The second-order valence-corrected chi connectivity index (χ2v) is 13.5. The summed E-state index contributed by atoms with van der Waals surface area (Å²) in [6, 6.07) is 5.16. The second-order valence-electron chi connectivity index (χ2n) is 13.5. The van der Waals surface area contributed by atoms with Gasteiger partial charge in [0.05, 0.1) is 28.2 Å². The van der Waals surface area contributed by atoms with Crippen LogP contribution in [0.4, 0.5) is 43.7 Å². The van der Waals surface area contributed by atoms with Crippen LogP contribution in [0.2, 0.25) is 0 Å². The molecular formula is C33H40F6N6O2. The van der Waals surface area contributed by atoms with Crippen LogP contribution in [0.3, 0.4) is 0 Å². The van der Waals surface area contributed by atoms with Crippen molar-refractivity contribution in [3.8, 4) is 0 Å². The first-order valence-corrected chi connectivity index (χ1v) is 15.8. The lowest BCUT2D eigenvalue weighted by molar-refractivity contribution is -0.182. The molecule has 2 fully saturated rings.